The summed E-state index contributed by atoms with van der Waals surface area (Å²) < 4.78 is 6.73. The second-order valence-corrected chi connectivity index (χ2v) is 6.99. The van der Waals surface area contributed by atoms with E-state index in [1.807, 2.05) is 30.3 Å². The number of halogens is 1. The third kappa shape index (κ3) is 5.67. The van der Waals surface area contributed by atoms with Crippen molar-refractivity contribution in [1.82, 2.24) is 15.1 Å². The van der Waals surface area contributed by atoms with E-state index in [1.54, 1.807) is 18.7 Å². The molecule has 1 heterocycles. The minimum Gasteiger partial charge on any atom is -0.480 e. The maximum Gasteiger partial charge on any atom is 0.408 e. The molecular formula is C17H20ClN3O4S. The first kappa shape index (κ1) is 20.1. The molecule has 0 aliphatic rings. The summed E-state index contributed by atoms with van der Waals surface area (Å²) in [5.74, 6) is -0.460. The molecule has 1 amide bonds. The lowest BCUT2D eigenvalue weighted by Crippen LogP contribution is -2.42. The van der Waals surface area contributed by atoms with Crippen LogP contribution in [0.15, 0.2) is 30.3 Å². The standard InChI is InChI=1S/C17H20ClN3O4S/c1-11-15(18)14(21(2)20-11)10-26-9-13(16(22)23)19-17(24)25-8-12-6-4-3-5-7-12/h3-7,13H,8-10H2,1-2H3,(H,19,24)(H,22,23). The third-order valence-electron chi connectivity index (χ3n) is 3.59. The number of carbonyl (C=O) groups excluding carboxylic acids is 1. The molecule has 0 saturated heterocycles. The van der Waals surface area contributed by atoms with Crippen LogP contribution in [0.3, 0.4) is 0 Å². The number of benzene rings is 1. The van der Waals surface area contributed by atoms with E-state index in [9.17, 15) is 14.7 Å². The molecule has 0 fully saturated rings. The summed E-state index contributed by atoms with van der Waals surface area (Å²) in [4.78, 5) is 23.2. The quantitative estimate of drug-likeness (QED) is 0.711. The molecule has 1 unspecified atom stereocenters. The van der Waals surface area contributed by atoms with Crippen LogP contribution in [0.2, 0.25) is 5.02 Å². The van der Waals surface area contributed by atoms with Gasteiger partial charge in [0, 0.05) is 18.6 Å². The second kappa shape index (κ2) is 9.49. The molecule has 1 atom stereocenters. The molecule has 26 heavy (non-hydrogen) atoms. The number of aryl methyl sites for hydroxylation is 2. The normalized spacial score (nSPS) is 11.8. The van der Waals surface area contributed by atoms with E-state index in [0.717, 1.165) is 17.0 Å². The molecular weight excluding hydrogens is 378 g/mol. The number of nitrogens with zero attached hydrogens (tertiary/aromatic N) is 2. The van der Waals surface area contributed by atoms with Gasteiger partial charge >= 0.3 is 12.1 Å². The average Bonchev–Trinajstić information content (AvgIpc) is 2.85. The highest BCUT2D eigenvalue weighted by Gasteiger charge is 2.21. The smallest absolute Gasteiger partial charge is 0.408 e. The number of thioether (sulfide) groups is 1. The highest BCUT2D eigenvalue weighted by molar-refractivity contribution is 7.98. The minimum absolute atomic E-state index is 0.0794. The largest absolute Gasteiger partial charge is 0.480 e. The van der Waals surface area contributed by atoms with Crippen LogP contribution in [-0.2, 0) is 28.9 Å². The van der Waals surface area contributed by atoms with E-state index < -0.39 is 18.1 Å². The van der Waals surface area contributed by atoms with Crippen molar-refractivity contribution in [1.29, 1.82) is 0 Å². The van der Waals surface area contributed by atoms with Gasteiger partial charge in [0.2, 0.25) is 0 Å². The average molecular weight is 398 g/mol. The van der Waals surface area contributed by atoms with Crippen molar-refractivity contribution >= 4 is 35.4 Å². The van der Waals surface area contributed by atoms with Crippen LogP contribution >= 0.6 is 23.4 Å². The topological polar surface area (TPSA) is 93.5 Å². The fourth-order valence-corrected chi connectivity index (χ4v) is 3.60. The number of hydrogen-bond acceptors (Lipinski definition) is 5. The predicted molar refractivity (Wildman–Crippen MR) is 100 cm³/mol. The van der Waals surface area contributed by atoms with Gasteiger partial charge in [-0.25, -0.2) is 9.59 Å². The highest BCUT2D eigenvalue weighted by atomic mass is 35.5. The van der Waals surface area contributed by atoms with Gasteiger partial charge in [-0.15, -0.1) is 0 Å². The summed E-state index contributed by atoms with van der Waals surface area (Å²) in [7, 11) is 1.78. The number of amides is 1. The molecule has 0 radical (unpaired) electrons. The summed E-state index contributed by atoms with van der Waals surface area (Å²) in [6, 6.07) is 8.10. The Morgan fingerprint density at radius 1 is 1.38 bits per heavy atom. The number of carbonyl (C=O) groups is 2. The molecule has 2 N–H and O–H groups in total. The zero-order chi connectivity index (χ0) is 19.1. The molecule has 1 aromatic heterocycles. The van der Waals surface area contributed by atoms with Gasteiger partial charge in [-0.05, 0) is 12.5 Å². The first-order chi connectivity index (χ1) is 12.4. The van der Waals surface area contributed by atoms with Crippen LogP contribution in [0.4, 0.5) is 4.79 Å². The van der Waals surface area contributed by atoms with Crippen molar-refractivity contribution in [3.8, 4) is 0 Å². The summed E-state index contributed by atoms with van der Waals surface area (Å²) >= 11 is 7.52. The van der Waals surface area contributed by atoms with Gasteiger partial charge < -0.3 is 15.2 Å². The number of carboxylic acids is 1. The van der Waals surface area contributed by atoms with Crippen molar-refractivity contribution in [2.45, 2.75) is 25.3 Å². The van der Waals surface area contributed by atoms with Crippen molar-refractivity contribution in [2.75, 3.05) is 5.75 Å². The van der Waals surface area contributed by atoms with E-state index in [2.05, 4.69) is 10.4 Å². The van der Waals surface area contributed by atoms with Gasteiger partial charge in [-0.1, -0.05) is 41.9 Å². The van der Waals surface area contributed by atoms with Crippen LogP contribution in [-0.4, -0.2) is 38.7 Å². The lowest BCUT2D eigenvalue weighted by atomic mass is 10.2. The molecule has 1 aromatic carbocycles. The molecule has 0 saturated carbocycles. The lowest BCUT2D eigenvalue weighted by Gasteiger charge is -2.14. The molecule has 2 rings (SSSR count). The molecule has 2 aromatic rings. The number of hydrogen-bond donors (Lipinski definition) is 2. The van der Waals surface area contributed by atoms with Gasteiger partial charge in [0.05, 0.1) is 16.4 Å². The second-order valence-electron chi connectivity index (χ2n) is 5.58. The molecule has 0 aliphatic carbocycles. The number of alkyl carbamates (subject to hydrolysis) is 1. The van der Waals surface area contributed by atoms with E-state index >= 15 is 0 Å². The SMILES string of the molecule is Cc1nn(C)c(CSCC(NC(=O)OCc2ccccc2)C(=O)O)c1Cl. The van der Waals surface area contributed by atoms with E-state index in [0.29, 0.717) is 10.8 Å². The Hall–Kier alpha value is -2.19. The van der Waals surface area contributed by atoms with Crippen LogP contribution in [0.25, 0.3) is 0 Å². The van der Waals surface area contributed by atoms with E-state index in [1.165, 1.54) is 11.8 Å². The molecule has 9 heteroatoms. The molecule has 140 valence electrons. The number of aliphatic carboxylic acids is 1. The molecule has 0 spiro atoms. The van der Waals surface area contributed by atoms with Crippen LogP contribution in [0.5, 0.6) is 0 Å². The molecule has 0 bridgehead atoms. The summed E-state index contributed by atoms with van der Waals surface area (Å²) in [5.41, 5.74) is 2.36. The summed E-state index contributed by atoms with van der Waals surface area (Å²) in [5, 5.41) is 16.4. The fourth-order valence-electron chi connectivity index (χ4n) is 2.19. The monoisotopic (exact) mass is 397 g/mol. The van der Waals surface area contributed by atoms with Crippen LogP contribution in [0.1, 0.15) is 17.0 Å². The fraction of sp³-hybridized carbons (Fsp3) is 0.353. The van der Waals surface area contributed by atoms with Gasteiger partial charge in [0.25, 0.3) is 0 Å². The van der Waals surface area contributed by atoms with Gasteiger partial charge in [-0.2, -0.15) is 16.9 Å². The van der Waals surface area contributed by atoms with Gasteiger partial charge in [-0.3, -0.25) is 4.68 Å². The van der Waals surface area contributed by atoms with Crippen LogP contribution < -0.4 is 5.32 Å². The number of nitrogens with one attached hydrogen (secondary N) is 1. The highest BCUT2D eigenvalue weighted by Crippen LogP contribution is 2.24. The summed E-state index contributed by atoms with van der Waals surface area (Å²) in [6.45, 7) is 1.89. The summed E-state index contributed by atoms with van der Waals surface area (Å²) in [6.07, 6.45) is -0.767. The Bertz CT molecular complexity index is 767. The Kier molecular flexibility index (Phi) is 7.35. The first-order valence-electron chi connectivity index (χ1n) is 7.84. The number of aromatic nitrogens is 2. The van der Waals surface area contributed by atoms with Gasteiger partial charge in [0.15, 0.2) is 0 Å². The Balaban J connectivity index is 1.82. The third-order valence-corrected chi connectivity index (χ3v) is 5.13. The van der Waals surface area contributed by atoms with Crippen molar-refractivity contribution in [2.24, 2.45) is 7.05 Å². The lowest BCUT2D eigenvalue weighted by molar-refractivity contribution is -0.138. The number of carboxylic acid groups (broad SMARTS) is 1. The maximum absolute atomic E-state index is 11.8. The molecule has 7 nitrogen and oxygen atoms in total. The van der Waals surface area contributed by atoms with Crippen LogP contribution in [0, 0.1) is 6.92 Å². The van der Waals surface area contributed by atoms with Crippen molar-refractivity contribution in [3.63, 3.8) is 0 Å². The van der Waals surface area contributed by atoms with Gasteiger partial charge in [0.1, 0.15) is 12.6 Å². The predicted octanol–water partition coefficient (Wildman–Crippen LogP) is 2.99. The first-order valence-corrected chi connectivity index (χ1v) is 9.37. The van der Waals surface area contributed by atoms with Crippen molar-refractivity contribution < 1.29 is 19.4 Å². The van der Waals surface area contributed by atoms with E-state index in [-0.39, 0.29) is 12.4 Å². The van der Waals surface area contributed by atoms with Crippen molar-refractivity contribution in [3.05, 3.63) is 52.3 Å². The Morgan fingerprint density at radius 3 is 2.65 bits per heavy atom. The molecule has 0 aliphatic heterocycles. The maximum atomic E-state index is 11.8. The number of ether oxygens (including phenoxy) is 1. The Labute approximate surface area is 160 Å². The zero-order valence-corrected chi connectivity index (χ0v) is 16.0. The number of rotatable bonds is 8. The minimum atomic E-state index is -1.12. The van der Waals surface area contributed by atoms with E-state index in [4.69, 9.17) is 16.3 Å². The Morgan fingerprint density at radius 2 is 2.08 bits per heavy atom. The zero-order valence-electron chi connectivity index (χ0n) is 14.4.